The SMILES string of the molecule is N#Cc1ccc(N(CC2CCOC2)C2CC2)nc1. The van der Waals surface area contributed by atoms with Gasteiger partial charge in [-0.05, 0) is 31.4 Å². The second-order valence-corrected chi connectivity index (χ2v) is 5.13. The van der Waals surface area contributed by atoms with Gasteiger partial charge in [0.25, 0.3) is 0 Å². The fraction of sp³-hybridized carbons (Fsp3) is 0.571. The molecule has 0 N–H and O–H groups in total. The van der Waals surface area contributed by atoms with Crippen LogP contribution >= 0.6 is 0 Å². The minimum atomic E-state index is 0.624. The lowest BCUT2D eigenvalue weighted by Gasteiger charge is -2.26. The van der Waals surface area contributed by atoms with Crippen molar-refractivity contribution in [3.63, 3.8) is 0 Å². The highest BCUT2D eigenvalue weighted by atomic mass is 16.5. The Morgan fingerprint density at radius 3 is 2.83 bits per heavy atom. The molecule has 1 atom stereocenters. The zero-order chi connectivity index (χ0) is 12.4. The molecule has 0 radical (unpaired) electrons. The number of ether oxygens (including phenoxy) is 1. The van der Waals surface area contributed by atoms with Gasteiger partial charge in [-0.2, -0.15) is 5.26 Å². The van der Waals surface area contributed by atoms with E-state index in [0.29, 0.717) is 17.5 Å². The lowest BCUT2D eigenvalue weighted by Crippen LogP contribution is -2.32. The van der Waals surface area contributed by atoms with E-state index in [4.69, 9.17) is 10.00 Å². The van der Waals surface area contributed by atoms with Crippen molar-refractivity contribution in [3.8, 4) is 6.07 Å². The quantitative estimate of drug-likeness (QED) is 0.811. The molecule has 0 bridgehead atoms. The topological polar surface area (TPSA) is 49.2 Å². The van der Waals surface area contributed by atoms with Crippen molar-refractivity contribution in [1.29, 1.82) is 5.26 Å². The fourth-order valence-corrected chi connectivity index (χ4v) is 2.44. The van der Waals surface area contributed by atoms with Crippen molar-refractivity contribution in [1.82, 2.24) is 4.98 Å². The largest absolute Gasteiger partial charge is 0.381 e. The van der Waals surface area contributed by atoms with Gasteiger partial charge in [-0.25, -0.2) is 4.98 Å². The molecular formula is C14H17N3O. The molecule has 18 heavy (non-hydrogen) atoms. The van der Waals surface area contributed by atoms with E-state index in [9.17, 15) is 0 Å². The van der Waals surface area contributed by atoms with Crippen molar-refractivity contribution >= 4 is 5.82 Å². The van der Waals surface area contributed by atoms with Crippen LogP contribution in [0.15, 0.2) is 18.3 Å². The van der Waals surface area contributed by atoms with E-state index in [2.05, 4.69) is 16.0 Å². The Kier molecular flexibility index (Phi) is 3.16. The maximum Gasteiger partial charge on any atom is 0.128 e. The van der Waals surface area contributed by atoms with Crippen molar-refractivity contribution in [2.24, 2.45) is 5.92 Å². The first-order chi connectivity index (χ1) is 8.86. The number of nitriles is 1. The molecule has 4 heteroatoms. The van der Waals surface area contributed by atoms with Crippen LogP contribution in [0.3, 0.4) is 0 Å². The van der Waals surface area contributed by atoms with Crippen molar-refractivity contribution < 1.29 is 4.74 Å². The molecule has 2 heterocycles. The molecule has 2 aliphatic rings. The van der Waals surface area contributed by atoms with Crippen LogP contribution in [0.1, 0.15) is 24.8 Å². The first-order valence-electron chi connectivity index (χ1n) is 6.57. The Morgan fingerprint density at radius 2 is 2.28 bits per heavy atom. The minimum absolute atomic E-state index is 0.624. The van der Waals surface area contributed by atoms with Crippen LogP contribution in [0.2, 0.25) is 0 Å². The number of pyridine rings is 1. The lowest BCUT2D eigenvalue weighted by molar-refractivity contribution is 0.186. The third kappa shape index (κ3) is 2.46. The van der Waals surface area contributed by atoms with Gasteiger partial charge in [-0.3, -0.25) is 0 Å². The number of anilines is 1. The summed E-state index contributed by atoms with van der Waals surface area (Å²) in [5, 5.41) is 8.80. The summed E-state index contributed by atoms with van der Waals surface area (Å²) >= 11 is 0. The summed E-state index contributed by atoms with van der Waals surface area (Å²) in [4.78, 5) is 6.81. The van der Waals surface area contributed by atoms with E-state index in [-0.39, 0.29) is 0 Å². The summed E-state index contributed by atoms with van der Waals surface area (Å²) in [5.74, 6) is 1.63. The zero-order valence-electron chi connectivity index (χ0n) is 10.4. The van der Waals surface area contributed by atoms with E-state index in [1.165, 1.54) is 12.8 Å². The maximum atomic E-state index is 8.80. The molecule has 4 nitrogen and oxygen atoms in total. The minimum Gasteiger partial charge on any atom is -0.381 e. The molecular weight excluding hydrogens is 226 g/mol. The Morgan fingerprint density at radius 1 is 1.39 bits per heavy atom. The van der Waals surface area contributed by atoms with Gasteiger partial charge in [0.2, 0.25) is 0 Å². The second kappa shape index (κ2) is 4.95. The molecule has 1 saturated heterocycles. The molecule has 1 aliphatic carbocycles. The third-order valence-corrected chi connectivity index (χ3v) is 3.64. The standard InChI is InChI=1S/C14H17N3O/c15-7-11-1-4-14(16-8-11)17(13-2-3-13)9-12-5-6-18-10-12/h1,4,8,12-13H,2-3,5-6,9-10H2. The van der Waals surface area contributed by atoms with Crippen LogP contribution in [-0.4, -0.2) is 30.8 Å². The molecule has 94 valence electrons. The molecule has 2 fully saturated rings. The first kappa shape index (κ1) is 11.5. The molecule has 1 aromatic rings. The first-order valence-corrected chi connectivity index (χ1v) is 6.57. The fourth-order valence-electron chi connectivity index (χ4n) is 2.44. The summed E-state index contributed by atoms with van der Waals surface area (Å²) in [6.45, 7) is 2.80. The highest BCUT2D eigenvalue weighted by molar-refractivity contribution is 5.44. The monoisotopic (exact) mass is 243 g/mol. The smallest absolute Gasteiger partial charge is 0.128 e. The molecule has 0 aromatic carbocycles. The van der Waals surface area contributed by atoms with Crippen LogP contribution in [0, 0.1) is 17.2 Å². The van der Waals surface area contributed by atoms with Gasteiger partial charge in [0.15, 0.2) is 0 Å². The summed E-state index contributed by atoms with van der Waals surface area (Å²) in [6.07, 6.45) is 5.33. The van der Waals surface area contributed by atoms with Gasteiger partial charge < -0.3 is 9.64 Å². The van der Waals surface area contributed by atoms with Crippen LogP contribution in [0.25, 0.3) is 0 Å². The lowest BCUT2D eigenvalue weighted by atomic mass is 10.1. The van der Waals surface area contributed by atoms with Crippen molar-refractivity contribution in [2.75, 3.05) is 24.7 Å². The van der Waals surface area contributed by atoms with Crippen molar-refractivity contribution in [3.05, 3.63) is 23.9 Å². The van der Waals surface area contributed by atoms with E-state index >= 15 is 0 Å². The van der Waals surface area contributed by atoms with Crippen LogP contribution < -0.4 is 4.90 Å². The number of nitrogens with zero attached hydrogens (tertiary/aromatic N) is 3. The van der Waals surface area contributed by atoms with Gasteiger partial charge in [0.1, 0.15) is 11.9 Å². The Labute approximate surface area is 107 Å². The average molecular weight is 243 g/mol. The van der Waals surface area contributed by atoms with Gasteiger partial charge in [0.05, 0.1) is 12.2 Å². The van der Waals surface area contributed by atoms with Gasteiger partial charge >= 0.3 is 0 Å². The number of rotatable bonds is 4. The second-order valence-electron chi connectivity index (χ2n) is 5.13. The Balaban J connectivity index is 1.73. The predicted octanol–water partition coefficient (Wildman–Crippen LogP) is 1.96. The number of hydrogen-bond donors (Lipinski definition) is 0. The molecule has 1 aliphatic heterocycles. The van der Waals surface area contributed by atoms with Gasteiger partial charge in [-0.15, -0.1) is 0 Å². The average Bonchev–Trinajstić information content (AvgIpc) is 3.13. The normalized spacial score (nSPS) is 22.7. The summed E-state index contributed by atoms with van der Waals surface area (Å²) in [5.41, 5.74) is 0.624. The molecule has 3 rings (SSSR count). The summed E-state index contributed by atoms with van der Waals surface area (Å²) in [6, 6.07) is 6.57. The van der Waals surface area contributed by atoms with Crippen LogP contribution in [0.5, 0.6) is 0 Å². The third-order valence-electron chi connectivity index (χ3n) is 3.64. The van der Waals surface area contributed by atoms with E-state index in [1.54, 1.807) is 6.20 Å². The molecule has 0 amide bonds. The van der Waals surface area contributed by atoms with Gasteiger partial charge in [0, 0.05) is 31.3 Å². The van der Waals surface area contributed by atoms with Gasteiger partial charge in [-0.1, -0.05) is 0 Å². The molecule has 1 saturated carbocycles. The van der Waals surface area contributed by atoms with Crippen LogP contribution in [0.4, 0.5) is 5.82 Å². The molecule has 1 aromatic heterocycles. The Bertz CT molecular complexity index is 441. The number of hydrogen-bond acceptors (Lipinski definition) is 4. The number of aromatic nitrogens is 1. The highest BCUT2D eigenvalue weighted by Crippen LogP contribution is 2.32. The van der Waals surface area contributed by atoms with Crippen LogP contribution in [-0.2, 0) is 4.74 Å². The predicted molar refractivity (Wildman–Crippen MR) is 68.2 cm³/mol. The van der Waals surface area contributed by atoms with Crippen molar-refractivity contribution in [2.45, 2.75) is 25.3 Å². The van der Waals surface area contributed by atoms with E-state index in [1.807, 2.05) is 12.1 Å². The maximum absolute atomic E-state index is 8.80. The van der Waals surface area contributed by atoms with E-state index < -0.39 is 0 Å². The summed E-state index contributed by atoms with van der Waals surface area (Å²) in [7, 11) is 0. The highest BCUT2D eigenvalue weighted by Gasteiger charge is 2.32. The zero-order valence-corrected chi connectivity index (χ0v) is 10.4. The van der Waals surface area contributed by atoms with E-state index in [0.717, 1.165) is 32.0 Å². The summed E-state index contributed by atoms with van der Waals surface area (Å²) < 4.78 is 5.44. The molecule has 0 spiro atoms. The molecule has 1 unspecified atom stereocenters. The Hall–Kier alpha value is -1.60.